The van der Waals surface area contributed by atoms with Crippen LogP contribution in [-0.4, -0.2) is 37.6 Å². The smallest absolute Gasteiger partial charge is 0.191 e. The van der Waals surface area contributed by atoms with Crippen molar-refractivity contribution < 1.29 is 4.74 Å². The van der Waals surface area contributed by atoms with E-state index in [0.717, 1.165) is 18.7 Å². The van der Waals surface area contributed by atoms with Crippen LogP contribution in [0.1, 0.15) is 26.3 Å². The summed E-state index contributed by atoms with van der Waals surface area (Å²) in [6, 6.07) is 8.35. The van der Waals surface area contributed by atoms with Crippen LogP contribution in [0.15, 0.2) is 29.3 Å². The minimum Gasteiger partial charge on any atom is -0.496 e. The molecule has 4 nitrogen and oxygen atoms in total. The Balaban J connectivity index is 2.70. The lowest BCUT2D eigenvalue weighted by Crippen LogP contribution is -2.41. The normalized spacial score (nSPS) is 13.4. The minimum atomic E-state index is 0.266. The van der Waals surface area contributed by atoms with Gasteiger partial charge >= 0.3 is 0 Å². The summed E-state index contributed by atoms with van der Waals surface area (Å²) in [4.78, 5) is 6.44. The molecule has 0 saturated carbocycles. The second-order valence-electron chi connectivity index (χ2n) is 5.57. The van der Waals surface area contributed by atoms with Gasteiger partial charge in [-0.15, -0.1) is 0 Å². The van der Waals surface area contributed by atoms with Crippen molar-refractivity contribution in [3.8, 4) is 5.75 Å². The van der Waals surface area contributed by atoms with Crippen LogP contribution in [-0.2, 0) is 6.42 Å². The molecule has 1 aromatic rings. The van der Waals surface area contributed by atoms with Gasteiger partial charge in [0, 0.05) is 19.6 Å². The van der Waals surface area contributed by atoms with Crippen LogP contribution in [0.2, 0.25) is 0 Å². The number of para-hydroxylation sites is 1. The number of nitrogens with zero attached hydrogens (tertiary/aromatic N) is 2. The first-order chi connectivity index (χ1) is 9.45. The Bertz CT molecular complexity index is 443. The van der Waals surface area contributed by atoms with E-state index in [1.165, 1.54) is 5.56 Å². The fraction of sp³-hybridized carbons (Fsp3) is 0.562. The van der Waals surface area contributed by atoms with E-state index < -0.39 is 0 Å². The number of benzene rings is 1. The fourth-order valence-electron chi connectivity index (χ4n) is 1.94. The van der Waals surface area contributed by atoms with E-state index in [1.807, 2.05) is 30.1 Å². The van der Waals surface area contributed by atoms with Gasteiger partial charge < -0.3 is 15.4 Å². The van der Waals surface area contributed by atoms with Gasteiger partial charge in [-0.2, -0.15) is 0 Å². The molecule has 0 amide bonds. The number of nitrogens with two attached hydrogens (primary N) is 1. The first kappa shape index (κ1) is 16.3. The van der Waals surface area contributed by atoms with Gasteiger partial charge in [0.25, 0.3) is 0 Å². The highest BCUT2D eigenvalue weighted by molar-refractivity contribution is 5.78. The first-order valence-corrected chi connectivity index (χ1v) is 7.10. The van der Waals surface area contributed by atoms with Gasteiger partial charge in [-0.3, -0.25) is 4.99 Å². The molecule has 112 valence electrons. The Kier molecular flexibility index (Phi) is 6.36. The Morgan fingerprint density at radius 3 is 2.55 bits per heavy atom. The van der Waals surface area contributed by atoms with E-state index >= 15 is 0 Å². The molecule has 0 aromatic heterocycles. The fourth-order valence-corrected chi connectivity index (χ4v) is 1.94. The average molecular weight is 277 g/mol. The largest absolute Gasteiger partial charge is 0.496 e. The van der Waals surface area contributed by atoms with Crippen LogP contribution in [0, 0.1) is 5.92 Å². The van der Waals surface area contributed by atoms with E-state index in [-0.39, 0.29) is 6.04 Å². The van der Waals surface area contributed by atoms with Crippen molar-refractivity contribution in [1.82, 2.24) is 4.90 Å². The van der Waals surface area contributed by atoms with Crippen molar-refractivity contribution in [2.45, 2.75) is 33.2 Å². The van der Waals surface area contributed by atoms with E-state index in [2.05, 4.69) is 31.8 Å². The van der Waals surface area contributed by atoms with Crippen LogP contribution >= 0.6 is 0 Å². The zero-order chi connectivity index (χ0) is 15.1. The van der Waals surface area contributed by atoms with E-state index in [9.17, 15) is 0 Å². The molecule has 0 saturated heterocycles. The number of aliphatic imine (C=N–C) groups is 1. The zero-order valence-corrected chi connectivity index (χ0v) is 13.3. The molecule has 0 aliphatic heterocycles. The highest BCUT2D eigenvalue weighted by Crippen LogP contribution is 2.20. The Morgan fingerprint density at radius 2 is 1.95 bits per heavy atom. The maximum atomic E-state index is 6.04. The van der Waals surface area contributed by atoms with Gasteiger partial charge in [-0.05, 0) is 30.9 Å². The predicted octanol–water partition coefficient (Wildman–Crippen LogP) is 2.53. The maximum absolute atomic E-state index is 6.04. The number of likely N-dealkylation sites (N-methyl/N-ethyl adjacent to an activating group) is 1. The third-order valence-corrected chi connectivity index (χ3v) is 3.35. The molecule has 0 aliphatic rings. The Labute approximate surface area is 122 Å². The summed E-state index contributed by atoms with van der Waals surface area (Å²) >= 11 is 0. The predicted molar refractivity (Wildman–Crippen MR) is 85.3 cm³/mol. The number of rotatable bonds is 6. The molecule has 0 fully saturated rings. The Morgan fingerprint density at radius 1 is 1.30 bits per heavy atom. The molecule has 1 atom stereocenters. The summed E-state index contributed by atoms with van der Waals surface area (Å²) in [7, 11) is 3.69. The van der Waals surface area contributed by atoms with Crippen molar-refractivity contribution >= 4 is 5.96 Å². The summed E-state index contributed by atoms with van der Waals surface area (Å²) in [5.74, 6) is 2.04. The standard InChI is InChI=1S/C16H27N3O/c1-12(2)11-18-16(17)19(4)13(3)10-14-8-6-7-9-15(14)20-5/h6-9,12-13H,10-11H2,1-5H3,(H2,17,18). The topological polar surface area (TPSA) is 50.9 Å². The van der Waals surface area contributed by atoms with Crippen LogP contribution in [0.4, 0.5) is 0 Å². The number of guanidine groups is 1. The number of ether oxygens (including phenoxy) is 1. The molecule has 1 rings (SSSR count). The number of hydrogen-bond donors (Lipinski definition) is 1. The highest BCUT2D eigenvalue weighted by atomic mass is 16.5. The van der Waals surface area contributed by atoms with E-state index in [0.29, 0.717) is 11.9 Å². The molecule has 0 spiro atoms. The molecule has 4 heteroatoms. The van der Waals surface area contributed by atoms with E-state index in [1.54, 1.807) is 7.11 Å². The maximum Gasteiger partial charge on any atom is 0.191 e. The molecular formula is C16H27N3O. The summed E-state index contributed by atoms with van der Waals surface area (Å²) in [6.45, 7) is 7.17. The van der Waals surface area contributed by atoms with Crippen LogP contribution in [0.3, 0.4) is 0 Å². The molecule has 2 N–H and O–H groups in total. The van der Waals surface area contributed by atoms with Crippen molar-refractivity contribution in [2.24, 2.45) is 16.6 Å². The molecule has 1 unspecified atom stereocenters. The molecular weight excluding hydrogens is 250 g/mol. The molecule has 0 aliphatic carbocycles. The lowest BCUT2D eigenvalue weighted by atomic mass is 10.1. The highest BCUT2D eigenvalue weighted by Gasteiger charge is 2.14. The second-order valence-corrected chi connectivity index (χ2v) is 5.57. The lowest BCUT2D eigenvalue weighted by Gasteiger charge is -2.26. The second kappa shape index (κ2) is 7.78. The average Bonchev–Trinajstić information content (AvgIpc) is 2.44. The van der Waals surface area contributed by atoms with E-state index in [4.69, 9.17) is 10.5 Å². The minimum absolute atomic E-state index is 0.266. The van der Waals surface area contributed by atoms with Crippen molar-refractivity contribution in [3.05, 3.63) is 29.8 Å². The van der Waals surface area contributed by atoms with Crippen LogP contribution < -0.4 is 10.5 Å². The summed E-state index contributed by atoms with van der Waals surface area (Å²) in [6.07, 6.45) is 0.873. The summed E-state index contributed by atoms with van der Waals surface area (Å²) < 4.78 is 5.39. The van der Waals surface area contributed by atoms with Gasteiger partial charge in [0.05, 0.1) is 7.11 Å². The molecule has 20 heavy (non-hydrogen) atoms. The van der Waals surface area contributed by atoms with Crippen molar-refractivity contribution in [1.29, 1.82) is 0 Å². The van der Waals surface area contributed by atoms with Gasteiger partial charge in [-0.1, -0.05) is 32.0 Å². The van der Waals surface area contributed by atoms with Crippen molar-refractivity contribution in [3.63, 3.8) is 0 Å². The zero-order valence-electron chi connectivity index (χ0n) is 13.3. The monoisotopic (exact) mass is 277 g/mol. The Hall–Kier alpha value is -1.71. The molecule has 0 bridgehead atoms. The van der Waals surface area contributed by atoms with Gasteiger partial charge in [0.2, 0.25) is 0 Å². The number of methoxy groups -OCH3 is 1. The van der Waals surface area contributed by atoms with Gasteiger partial charge in [0.15, 0.2) is 5.96 Å². The first-order valence-electron chi connectivity index (χ1n) is 7.10. The molecule has 1 aromatic carbocycles. The van der Waals surface area contributed by atoms with Crippen molar-refractivity contribution in [2.75, 3.05) is 20.7 Å². The summed E-state index contributed by atoms with van der Waals surface area (Å²) in [5, 5.41) is 0. The lowest BCUT2D eigenvalue weighted by molar-refractivity contribution is 0.369. The molecule has 0 heterocycles. The van der Waals surface area contributed by atoms with Crippen LogP contribution in [0.25, 0.3) is 0 Å². The third kappa shape index (κ3) is 4.76. The quantitative estimate of drug-likeness (QED) is 0.642. The summed E-state index contributed by atoms with van der Waals surface area (Å²) in [5.41, 5.74) is 7.22. The number of hydrogen-bond acceptors (Lipinski definition) is 2. The molecule has 0 radical (unpaired) electrons. The van der Waals surface area contributed by atoms with Crippen LogP contribution in [0.5, 0.6) is 5.75 Å². The van der Waals surface area contributed by atoms with Gasteiger partial charge in [0.1, 0.15) is 5.75 Å². The SMILES string of the molecule is COc1ccccc1CC(C)N(C)C(N)=NCC(C)C. The third-order valence-electron chi connectivity index (χ3n) is 3.35. The van der Waals surface area contributed by atoms with Gasteiger partial charge in [-0.25, -0.2) is 0 Å².